The highest BCUT2D eigenvalue weighted by Gasteiger charge is 2.19. The SMILES string of the molecule is CN(Cc1nc(-c2ccco2)n[nH]1)C1CCNCC1. The molecule has 0 radical (unpaired) electrons. The van der Waals surface area contributed by atoms with Crippen molar-refractivity contribution in [2.45, 2.75) is 25.4 Å². The monoisotopic (exact) mass is 261 g/mol. The number of furan rings is 1. The Morgan fingerprint density at radius 1 is 1.42 bits per heavy atom. The van der Waals surface area contributed by atoms with Gasteiger partial charge in [-0.05, 0) is 45.1 Å². The largest absolute Gasteiger partial charge is 0.461 e. The summed E-state index contributed by atoms with van der Waals surface area (Å²) in [7, 11) is 2.14. The second-order valence-electron chi connectivity index (χ2n) is 4.98. The van der Waals surface area contributed by atoms with E-state index in [-0.39, 0.29) is 0 Å². The van der Waals surface area contributed by atoms with Crippen molar-refractivity contribution in [3.63, 3.8) is 0 Å². The molecule has 102 valence electrons. The minimum absolute atomic E-state index is 0.624. The zero-order chi connectivity index (χ0) is 13.1. The van der Waals surface area contributed by atoms with Gasteiger partial charge in [-0.25, -0.2) is 4.98 Å². The van der Waals surface area contributed by atoms with E-state index >= 15 is 0 Å². The van der Waals surface area contributed by atoms with Gasteiger partial charge in [0.05, 0.1) is 12.8 Å². The molecule has 1 saturated heterocycles. The molecule has 0 saturated carbocycles. The summed E-state index contributed by atoms with van der Waals surface area (Å²) >= 11 is 0. The van der Waals surface area contributed by atoms with Crippen LogP contribution in [-0.2, 0) is 6.54 Å². The minimum atomic E-state index is 0.624. The molecule has 1 aliphatic heterocycles. The van der Waals surface area contributed by atoms with E-state index < -0.39 is 0 Å². The normalized spacial score (nSPS) is 17.2. The van der Waals surface area contributed by atoms with Gasteiger partial charge in [0.1, 0.15) is 5.82 Å². The van der Waals surface area contributed by atoms with Crippen LogP contribution in [0, 0.1) is 0 Å². The molecule has 6 heteroatoms. The molecule has 2 aromatic heterocycles. The molecular weight excluding hydrogens is 242 g/mol. The van der Waals surface area contributed by atoms with Gasteiger partial charge in [-0.15, -0.1) is 5.10 Å². The van der Waals surface area contributed by atoms with E-state index in [1.165, 1.54) is 12.8 Å². The van der Waals surface area contributed by atoms with E-state index in [2.05, 4.69) is 32.4 Å². The highest BCUT2D eigenvalue weighted by atomic mass is 16.3. The molecule has 1 aliphatic rings. The van der Waals surface area contributed by atoms with Crippen LogP contribution in [0.4, 0.5) is 0 Å². The summed E-state index contributed by atoms with van der Waals surface area (Å²) in [6.45, 7) is 2.99. The Balaban J connectivity index is 1.63. The molecule has 0 unspecified atom stereocenters. The molecule has 0 atom stereocenters. The number of hydrogen-bond donors (Lipinski definition) is 2. The first kappa shape index (κ1) is 12.4. The van der Waals surface area contributed by atoms with Gasteiger partial charge < -0.3 is 9.73 Å². The Labute approximate surface area is 112 Å². The molecule has 6 nitrogen and oxygen atoms in total. The number of H-pyrrole nitrogens is 1. The van der Waals surface area contributed by atoms with Gasteiger partial charge in [0.25, 0.3) is 0 Å². The number of aromatic nitrogens is 3. The van der Waals surface area contributed by atoms with E-state index in [0.29, 0.717) is 17.6 Å². The van der Waals surface area contributed by atoms with E-state index in [1.807, 2.05) is 12.1 Å². The van der Waals surface area contributed by atoms with Crippen LogP contribution in [0.3, 0.4) is 0 Å². The fourth-order valence-corrected chi connectivity index (χ4v) is 2.49. The first-order valence-electron chi connectivity index (χ1n) is 6.69. The van der Waals surface area contributed by atoms with Crippen molar-refractivity contribution in [1.29, 1.82) is 0 Å². The van der Waals surface area contributed by atoms with Crippen LogP contribution >= 0.6 is 0 Å². The van der Waals surface area contributed by atoms with E-state index in [0.717, 1.165) is 25.5 Å². The molecular formula is C13H19N5O. The maximum atomic E-state index is 5.29. The van der Waals surface area contributed by atoms with E-state index in [9.17, 15) is 0 Å². The Morgan fingerprint density at radius 2 is 2.26 bits per heavy atom. The van der Waals surface area contributed by atoms with Crippen LogP contribution in [0.25, 0.3) is 11.6 Å². The van der Waals surface area contributed by atoms with Crippen molar-refractivity contribution < 1.29 is 4.42 Å². The molecule has 3 rings (SSSR count). The predicted octanol–water partition coefficient (Wildman–Crippen LogP) is 1.25. The number of hydrogen-bond acceptors (Lipinski definition) is 5. The van der Waals surface area contributed by atoms with Gasteiger partial charge in [0, 0.05) is 6.04 Å². The van der Waals surface area contributed by atoms with Crippen LogP contribution in [0.5, 0.6) is 0 Å². The van der Waals surface area contributed by atoms with Crippen molar-refractivity contribution >= 4 is 0 Å². The summed E-state index contributed by atoms with van der Waals surface area (Å²) in [5, 5.41) is 10.6. The highest BCUT2D eigenvalue weighted by Crippen LogP contribution is 2.16. The fraction of sp³-hybridized carbons (Fsp3) is 0.538. The minimum Gasteiger partial charge on any atom is -0.461 e. The average Bonchev–Trinajstić information content (AvgIpc) is 3.10. The van der Waals surface area contributed by atoms with Gasteiger partial charge in [0.15, 0.2) is 5.76 Å². The molecule has 1 fully saturated rings. The van der Waals surface area contributed by atoms with Crippen LogP contribution in [0.15, 0.2) is 22.8 Å². The lowest BCUT2D eigenvalue weighted by Gasteiger charge is -2.30. The van der Waals surface area contributed by atoms with Gasteiger partial charge in [-0.1, -0.05) is 0 Å². The third-order valence-corrected chi connectivity index (χ3v) is 3.60. The Hall–Kier alpha value is -1.66. The molecule has 0 bridgehead atoms. The van der Waals surface area contributed by atoms with Crippen molar-refractivity contribution in [2.75, 3.05) is 20.1 Å². The van der Waals surface area contributed by atoms with Crippen LogP contribution in [0.2, 0.25) is 0 Å². The lowest BCUT2D eigenvalue weighted by Crippen LogP contribution is -2.40. The standard InChI is InChI=1S/C13H19N5O/c1-18(10-4-6-14-7-5-10)9-12-15-13(17-16-12)11-3-2-8-19-11/h2-3,8,10,14H,4-7,9H2,1H3,(H,15,16,17). The van der Waals surface area contributed by atoms with Crippen molar-refractivity contribution in [2.24, 2.45) is 0 Å². The quantitative estimate of drug-likeness (QED) is 0.866. The molecule has 2 N–H and O–H groups in total. The van der Waals surface area contributed by atoms with Gasteiger partial charge in [-0.2, -0.15) is 0 Å². The summed E-state index contributed by atoms with van der Waals surface area (Å²) in [5.74, 6) is 2.21. The van der Waals surface area contributed by atoms with Crippen molar-refractivity contribution in [1.82, 2.24) is 25.4 Å². The topological polar surface area (TPSA) is 70.0 Å². The Morgan fingerprint density at radius 3 is 3.00 bits per heavy atom. The average molecular weight is 261 g/mol. The maximum Gasteiger partial charge on any atom is 0.216 e. The van der Waals surface area contributed by atoms with Crippen LogP contribution < -0.4 is 5.32 Å². The van der Waals surface area contributed by atoms with Crippen molar-refractivity contribution in [3.8, 4) is 11.6 Å². The zero-order valence-corrected chi connectivity index (χ0v) is 11.1. The molecule has 2 aromatic rings. The lowest BCUT2D eigenvalue weighted by molar-refractivity contribution is 0.188. The van der Waals surface area contributed by atoms with Gasteiger partial charge in [0.2, 0.25) is 5.82 Å². The highest BCUT2D eigenvalue weighted by molar-refractivity contribution is 5.45. The van der Waals surface area contributed by atoms with Gasteiger partial charge >= 0.3 is 0 Å². The lowest BCUT2D eigenvalue weighted by atomic mass is 10.1. The molecule has 0 aromatic carbocycles. The second kappa shape index (κ2) is 5.54. The molecule has 3 heterocycles. The summed E-state index contributed by atoms with van der Waals surface area (Å²) in [5.41, 5.74) is 0. The number of aromatic amines is 1. The van der Waals surface area contributed by atoms with Crippen LogP contribution in [-0.4, -0.2) is 46.3 Å². The Kier molecular flexibility index (Phi) is 3.61. The van der Waals surface area contributed by atoms with Gasteiger partial charge in [-0.3, -0.25) is 10.00 Å². The van der Waals surface area contributed by atoms with E-state index in [1.54, 1.807) is 6.26 Å². The molecule has 0 aliphatic carbocycles. The fourth-order valence-electron chi connectivity index (χ4n) is 2.49. The molecule has 0 spiro atoms. The second-order valence-corrected chi connectivity index (χ2v) is 4.98. The Bertz CT molecular complexity index is 501. The number of piperidine rings is 1. The summed E-state index contributed by atoms with van der Waals surface area (Å²) in [6.07, 6.45) is 4.01. The third kappa shape index (κ3) is 2.85. The number of nitrogens with zero attached hydrogens (tertiary/aromatic N) is 3. The smallest absolute Gasteiger partial charge is 0.216 e. The number of nitrogens with one attached hydrogen (secondary N) is 2. The van der Waals surface area contributed by atoms with Crippen LogP contribution in [0.1, 0.15) is 18.7 Å². The molecule has 19 heavy (non-hydrogen) atoms. The van der Waals surface area contributed by atoms with Crippen molar-refractivity contribution in [3.05, 3.63) is 24.2 Å². The zero-order valence-electron chi connectivity index (χ0n) is 11.1. The molecule has 0 amide bonds. The summed E-state index contributed by atoms with van der Waals surface area (Å²) in [6, 6.07) is 4.33. The number of rotatable bonds is 4. The predicted molar refractivity (Wildman–Crippen MR) is 71.4 cm³/mol. The third-order valence-electron chi connectivity index (χ3n) is 3.60. The summed E-state index contributed by atoms with van der Waals surface area (Å²) < 4.78 is 5.29. The first-order chi connectivity index (χ1) is 9.33. The first-order valence-corrected chi connectivity index (χ1v) is 6.69. The maximum absolute atomic E-state index is 5.29. The summed E-state index contributed by atoms with van der Waals surface area (Å²) in [4.78, 5) is 6.81. The van der Waals surface area contributed by atoms with E-state index in [4.69, 9.17) is 4.42 Å².